The van der Waals surface area contributed by atoms with E-state index in [4.69, 9.17) is 0 Å². The topological polar surface area (TPSA) is 91.2 Å². The molecule has 0 unspecified atom stereocenters. The highest BCUT2D eigenvalue weighted by atomic mass is 32.1. The third-order valence-corrected chi connectivity index (χ3v) is 7.54. The molecule has 0 radical (unpaired) electrons. The van der Waals surface area contributed by atoms with Crippen molar-refractivity contribution in [1.82, 2.24) is 15.0 Å². The molecular formula is C23H25F3N4O2S. The lowest BCUT2D eigenvalue weighted by Crippen LogP contribution is -2.52. The molecule has 1 aromatic carbocycles. The number of benzene rings is 1. The fourth-order valence-corrected chi connectivity index (χ4v) is 5.38. The standard InChI is InChI=1S/C23H25F3N4O2S/c1-13-9-14(11-15(10-13)29-20-27-8-6-17(30-20)23(24,25)26)16-12-28-19(33-16)22(32)7-4-5-18(31)21(22,2)3/h6,8-12,18,31-32H,4-5,7H2,1-3H3,(H,27,29,30)/t18-,22-/m0/s1. The Morgan fingerprint density at radius 2 is 1.94 bits per heavy atom. The Balaban J connectivity index is 1.64. The van der Waals surface area contributed by atoms with Gasteiger partial charge in [-0.05, 0) is 55.5 Å². The lowest BCUT2D eigenvalue weighted by atomic mass is 9.64. The van der Waals surface area contributed by atoms with Gasteiger partial charge in [0.05, 0.1) is 11.0 Å². The summed E-state index contributed by atoms with van der Waals surface area (Å²) in [5.74, 6) is -0.154. The minimum absolute atomic E-state index is 0.154. The highest BCUT2D eigenvalue weighted by molar-refractivity contribution is 7.15. The molecule has 1 saturated carbocycles. The molecule has 0 amide bonds. The number of aromatic nitrogens is 3. The average Bonchev–Trinajstić information content (AvgIpc) is 3.22. The van der Waals surface area contributed by atoms with Crippen LogP contribution in [-0.4, -0.2) is 31.3 Å². The molecule has 3 aromatic rings. The van der Waals surface area contributed by atoms with E-state index < -0.39 is 29.0 Å². The number of aryl methyl sites for hydroxylation is 1. The number of halogens is 3. The number of nitrogens with zero attached hydrogens (tertiary/aromatic N) is 3. The number of hydrogen-bond acceptors (Lipinski definition) is 7. The van der Waals surface area contributed by atoms with Crippen molar-refractivity contribution < 1.29 is 23.4 Å². The van der Waals surface area contributed by atoms with Gasteiger partial charge in [-0.2, -0.15) is 13.2 Å². The first-order valence-corrected chi connectivity index (χ1v) is 11.4. The van der Waals surface area contributed by atoms with E-state index in [1.807, 2.05) is 26.8 Å². The van der Waals surface area contributed by atoms with Crippen molar-refractivity contribution in [3.8, 4) is 10.4 Å². The third kappa shape index (κ3) is 4.47. The Labute approximate surface area is 193 Å². The maximum absolute atomic E-state index is 13.0. The van der Waals surface area contributed by atoms with E-state index in [2.05, 4.69) is 20.3 Å². The third-order valence-electron chi connectivity index (χ3n) is 6.34. The zero-order valence-electron chi connectivity index (χ0n) is 18.4. The highest BCUT2D eigenvalue weighted by Crippen LogP contribution is 2.51. The molecule has 0 aliphatic heterocycles. The molecule has 10 heteroatoms. The number of thiazole rings is 1. The van der Waals surface area contributed by atoms with Crippen molar-refractivity contribution in [2.45, 2.75) is 57.9 Å². The molecule has 0 saturated heterocycles. The van der Waals surface area contributed by atoms with E-state index in [1.165, 1.54) is 11.3 Å². The van der Waals surface area contributed by atoms with Crippen molar-refractivity contribution in [2.75, 3.05) is 5.32 Å². The highest BCUT2D eigenvalue weighted by Gasteiger charge is 2.53. The van der Waals surface area contributed by atoms with Crippen molar-refractivity contribution in [2.24, 2.45) is 5.41 Å². The summed E-state index contributed by atoms with van der Waals surface area (Å²) in [6.07, 6.45) is -0.608. The van der Waals surface area contributed by atoms with Crippen molar-refractivity contribution >= 4 is 23.0 Å². The van der Waals surface area contributed by atoms with E-state index in [-0.39, 0.29) is 5.95 Å². The number of rotatable bonds is 4. The molecule has 4 rings (SSSR count). The molecule has 0 spiro atoms. The SMILES string of the molecule is Cc1cc(Nc2nccc(C(F)(F)F)n2)cc(-c2cnc([C@@]3(O)CCC[C@H](O)C3(C)C)s2)c1. The number of aliphatic hydroxyl groups excluding tert-OH is 1. The number of nitrogens with one attached hydrogen (secondary N) is 1. The van der Waals surface area contributed by atoms with Crippen molar-refractivity contribution in [3.63, 3.8) is 0 Å². The van der Waals surface area contributed by atoms with E-state index in [9.17, 15) is 23.4 Å². The summed E-state index contributed by atoms with van der Waals surface area (Å²) in [6.45, 7) is 5.57. The number of anilines is 2. The lowest BCUT2D eigenvalue weighted by molar-refractivity contribution is -0.161. The van der Waals surface area contributed by atoms with E-state index in [0.29, 0.717) is 30.0 Å². The minimum atomic E-state index is -4.56. The van der Waals surface area contributed by atoms with Crippen LogP contribution in [0.3, 0.4) is 0 Å². The van der Waals surface area contributed by atoms with Crippen LogP contribution in [0.2, 0.25) is 0 Å². The second kappa shape index (κ2) is 8.34. The van der Waals surface area contributed by atoms with Gasteiger partial charge in [0.25, 0.3) is 0 Å². The van der Waals surface area contributed by atoms with Crippen LogP contribution in [0.5, 0.6) is 0 Å². The van der Waals surface area contributed by atoms with Gasteiger partial charge in [-0.25, -0.2) is 15.0 Å². The monoisotopic (exact) mass is 478 g/mol. The molecule has 3 N–H and O–H groups in total. The Morgan fingerprint density at radius 1 is 1.18 bits per heavy atom. The number of alkyl halides is 3. The zero-order valence-corrected chi connectivity index (χ0v) is 19.3. The Bertz CT molecular complexity index is 1160. The van der Waals surface area contributed by atoms with Gasteiger partial charge < -0.3 is 15.5 Å². The molecule has 0 bridgehead atoms. The molecule has 176 valence electrons. The van der Waals surface area contributed by atoms with Gasteiger partial charge in [-0.15, -0.1) is 11.3 Å². The van der Waals surface area contributed by atoms with Crippen LogP contribution in [0.25, 0.3) is 10.4 Å². The minimum Gasteiger partial charge on any atom is -0.392 e. The fraction of sp³-hybridized carbons (Fsp3) is 0.435. The molecule has 1 aliphatic rings. The molecule has 2 aromatic heterocycles. The summed E-state index contributed by atoms with van der Waals surface area (Å²) in [5, 5.41) is 25.3. The second-order valence-electron chi connectivity index (χ2n) is 9.00. The fourth-order valence-electron chi connectivity index (χ4n) is 4.19. The summed E-state index contributed by atoms with van der Waals surface area (Å²) in [7, 11) is 0. The molecule has 1 aliphatic carbocycles. The second-order valence-corrected chi connectivity index (χ2v) is 10.0. The predicted molar refractivity (Wildman–Crippen MR) is 120 cm³/mol. The van der Waals surface area contributed by atoms with Gasteiger partial charge in [0.15, 0.2) is 0 Å². The Kier molecular flexibility index (Phi) is 5.96. The Morgan fingerprint density at radius 3 is 2.67 bits per heavy atom. The van der Waals surface area contributed by atoms with E-state index in [1.54, 1.807) is 18.3 Å². The van der Waals surface area contributed by atoms with E-state index in [0.717, 1.165) is 28.3 Å². The largest absolute Gasteiger partial charge is 0.433 e. The molecule has 33 heavy (non-hydrogen) atoms. The van der Waals surface area contributed by atoms with Crippen LogP contribution in [-0.2, 0) is 11.8 Å². The van der Waals surface area contributed by atoms with Gasteiger partial charge in [-0.3, -0.25) is 0 Å². The van der Waals surface area contributed by atoms with E-state index >= 15 is 0 Å². The van der Waals surface area contributed by atoms with Gasteiger partial charge in [0, 0.05) is 23.5 Å². The quantitative estimate of drug-likeness (QED) is 0.463. The van der Waals surface area contributed by atoms with Crippen LogP contribution in [0.4, 0.5) is 24.8 Å². The van der Waals surface area contributed by atoms with Gasteiger partial charge in [0.2, 0.25) is 5.95 Å². The summed E-state index contributed by atoms with van der Waals surface area (Å²) in [6, 6.07) is 6.31. The van der Waals surface area contributed by atoms with Crippen LogP contribution in [0, 0.1) is 12.3 Å². The summed E-state index contributed by atoms with van der Waals surface area (Å²) in [4.78, 5) is 12.7. The molecule has 2 heterocycles. The molecule has 1 fully saturated rings. The first-order chi connectivity index (χ1) is 15.4. The maximum Gasteiger partial charge on any atom is 0.433 e. The van der Waals surface area contributed by atoms with Gasteiger partial charge in [-0.1, -0.05) is 19.9 Å². The maximum atomic E-state index is 13.0. The normalized spacial score (nSPS) is 22.8. The van der Waals surface area contributed by atoms with Crippen molar-refractivity contribution in [1.29, 1.82) is 0 Å². The lowest BCUT2D eigenvalue weighted by Gasteiger charge is -2.48. The first-order valence-electron chi connectivity index (χ1n) is 10.6. The summed E-state index contributed by atoms with van der Waals surface area (Å²) >= 11 is 1.35. The van der Waals surface area contributed by atoms with Crippen LogP contribution in [0.15, 0.2) is 36.7 Å². The average molecular weight is 479 g/mol. The predicted octanol–water partition coefficient (Wildman–Crippen LogP) is 5.43. The van der Waals surface area contributed by atoms with Crippen LogP contribution < -0.4 is 5.32 Å². The van der Waals surface area contributed by atoms with Crippen LogP contribution in [0.1, 0.15) is 49.4 Å². The molecule has 2 atom stereocenters. The smallest absolute Gasteiger partial charge is 0.392 e. The van der Waals surface area contributed by atoms with Crippen molar-refractivity contribution in [3.05, 3.63) is 52.9 Å². The zero-order chi connectivity index (χ0) is 24.0. The van der Waals surface area contributed by atoms with Gasteiger partial charge in [0.1, 0.15) is 16.3 Å². The first kappa shape index (κ1) is 23.6. The summed E-state index contributed by atoms with van der Waals surface area (Å²) < 4.78 is 38.9. The number of aliphatic hydroxyl groups is 2. The van der Waals surface area contributed by atoms with Gasteiger partial charge >= 0.3 is 6.18 Å². The number of hydrogen-bond donors (Lipinski definition) is 3. The molecular weight excluding hydrogens is 453 g/mol. The molecule has 6 nitrogen and oxygen atoms in total. The summed E-state index contributed by atoms with van der Waals surface area (Å²) in [5.41, 5.74) is -0.808. The Hall–Kier alpha value is -2.56. The van der Waals surface area contributed by atoms with Crippen LogP contribution >= 0.6 is 11.3 Å².